The van der Waals surface area contributed by atoms with Crippen molar-refractivity contribution in [3.63, 3.8) is 0 Å². The molecule has 4 nitrogen and oxygen atoms in total. The van der Waals surface area contributed by atoms with Crippen molar-refractivity contribution < 1.29 is 18.4 Å². The van der Waals surface area contributed by atoms with Gasteiger partial charge in [-0.25, -0.2) is 0 Å². The lowest BCUT2D eigenvalue weighted by molar-refractivity contribution is 0.0952. The molecule has 0 N–H and O–H groups in total. The lowest BCUT2D eigenvalue weighted by atomic mass is 10.0. The van der Waals surface area contributed by atoms with Gasteiger partial charge in [0.1, 0.15) is 0 Å². The van der Waals surface area contributed by atoms with Crippen LogP contribution in [0.3, 0.4) is 0 Å². The summed E-state index contributed by atoms with van der Waals surface area (Å²) < 4.78 is 25.3. The van der Waals surface area contributed by atoms with Crippen LogP contribution in [0.15, 0.2) is 24.3 Å². The molecule has 0 aliphatic rings. The zero-order chi connectivity index (χ0) is 21.7. The summed E-state index contributed by atoms with van der Waals surface area (Å²) in [5, 5.41) is 0. The minimum atomic E-state index is -3.90. The van der Waals surface area contributed by atoms with Crippen LogP contribution in [-0.2, 0) is 13.6 Å². The third kappa shape index (κ3) is 8.74. The van der Waals surface area contributed by atoms with Gasteiger partial charge in [-0.2, -0.15) is 0 Å². The Balaban J connectivity index is 2.98. The first kappa shape index (κ1) is 26.1. The monoisotopic (exact) mass is 424 g/mol. The molecular formula is C24H41O4P. The summed E-state index contributed by atoms with van der Waals surface area (Å²) in [6.07, 6.45) is 8.34. The molecule has 166 valence electrons. The molecule has 0 aromatic heterocycles. The van der Waals surface area contributed by atoms with Crippen LogP contribution in [0.5, 0.6) is 0 Å². The van der Waals surface area contributed by atoms with Crippen LogP contribution in [0.25, 0.3) is 0 Å². The van der Waals surface area contributed by atoms with Crippen LogP contribution in [0.4, 0.5) is 0 Å². The van der Waals surface area contributed by atoms with E-state index in [0.29, 0.717) is 30.6 Å². The van der Waals surface area contributed by atoms with Crippen molar-refractivity contribution in [3.8, 4) is 0 Å². The summed E-state index contributed by atoms with van der Waals surface area (Å²) in [6.45, 7) is 11.0. The highest BCUT2D eigenvalue weighted by Gasteiger charge is 2.37. The Bertz CT molecular complexity index is 620. The van der Waals surface area contributed by atoms with E-state index in [1.807, 2.05) is 19.1 Å². The number of aryl methyl sites for hydroxylation is 1. The molecule has 0 spiro atoms. The van der Waals surface area contributed by atoms with Crippen molar-refractivity contribution in [2.45, 2.75) is 86.0 Å². The molecule has 2 atom stereocenters. The SMILES string of the molecule is CCCCC(CC)COP(=O)(OCC(CC)CCCC)C(=O)c1ccccc1C. The van der Waals surface area contributed by atoms with Crippen molar-refractivity contribution in [3.05, 3.63) is 35.4 Å². The van der Waals surface area contributed by atoms with Gasteiger partial charge >= 0.3 is 7.60 Å². The minimum Gasteiger partial charge on any atom is -0.303 e. The lowest BCUT2D eigenvalue weighted by Crippen LogP contribution is -2.16. The summed E-state index contributed by atoms with van der Waals surface area (Å²) in [7, 11) is -3.90. The van der Waals surface area contributed by atoms with Crippen molar-refractivity contribution in [2.75, 3.05) is 13.2 Å². The Hall–Kier alpha value is -0.960. The van der Waals surface area contributed by atoms with Crippen LogP contribution in [0.1, 0.15) is 95.0 Å². The quantitative estimate of drug-likeness (QED) is 0.254. The fourth-order valence-electron chi connectivity index (χ4n) is 3.32. The molecule has 0 radical (unpaired) electrons. The molecule has 0 amide bonds. The number of hydrogen-bond acceptors (Lipinski definition) is 4. The average molecular weight is 425 g/mol. The van der Waals surface area contributed by atoms with Crippen LogP contribution >= 0.6 is 7.60 Å². The molecule has 0 bridgehead atoms. The van der Waals surface area contributed by atoms with Crippen LogP contribution < -0.4 is 0 Å². The molecule has 0 aliphatic heterocycles. The van der Waals surface area contributed by atoms with E-state index in [1.165, 1.54) is 0 Å². The highest BCUT2D eigenvalue weighted by atomic mass is 31.2. The van der Waals surface area contributed by atoms with Crippen LogP contribution in [-0.4, -0.2) is 18.7 Å². The lowest BCUT2D eigenvalue weighted by Gasteiger charge is -2.23. The Morgan fingerprint density at radius 2 is 1.38 bits per heavy atom. The standard InChI is InChI=1S/C24H41O4P/c1-6-10-15-21(8-3)18-27-29(26,28-19-22(9-4)16-11-7-2)24(25)23-17-13-12-14-20(23)5/h12-14,17,21-22H,6-11,15-16,18-19H2,1-5H3. The van der Waals surface area contributed by atoms with Gasteiger partial charge in [0.25, 0.3) is 5.52 Å². The van der Waals surface area contributed by atoms with Gasteiger partial charge in [-0.3, -0.25) is 9.36 Å². The first-order valence-electron chi connectivity index (χ1n) is 11.4. The maximum absolute atomic E-state index is 13.7. The number of carbonyl (C=O) groups excluding carboxylic acids is 1. The van der Waals surface area contributed by atoms with Gasteiger partial charge in [0.05, 0.1) is 13.2 Å². The molecule has 0 heterocycles. The van der Waals surface area contributed by atoms with Gasteiger partial charge in [0.2, 0.25) is 0 Å². The van der Waals surface area contributed by atoms with Gasteiger partial charge in [0.15, 0.2) is 0 Å². The maximum Gasteiger partial charge on any atom is 0.401 e. The number of rotatable bonds is 16. The zero-order valence-electron chi connectivity index (χ0n) is 19.1. The highest BCUT2D eigenvalue weighted by Crippen LogP contribution is 2.52. The van der Waals surface area contributed by atoms with E-state index >= 15 is 0 Å². The summed E-state index contributed by atoms with van der Waals surface area (Å²) in [5.74, 6) is 0.581. The largest absolute Gasteiger partial charge is 0.401 e. The Morgan fingerprint density at radius 1 is 0.897 bits per heavy atom. The van der Waals surface area contributed by atoms with E-state index in [4.69, 9.17) is 9.05 Å². The van der Waals surface area contributed by atoms with Crippen molar-refractivity contribution >= 4 is 13.1 Å². The van der Waals surface area contributed by atoms with Gasteiger partial charge in [-0.05, 0) is 37.2 Å². The van der Waals surface area contributed by atoms with Gasteiger partial charge in [-0.1, -0.05) is 90.5 Å². The topological polar surface area (TPSA) is 52.6 Å². The second kappa shape index (κ2) is 14.1. The van der Waals surface area contributed by atoms with E-state index in [2.05, 4.69) is 27.7 Å². The first-order valence-corrected chi connectivity index (χ1v) is 13.0. The van der Waals surface area contributed by atoms with E-state index in [0.717, 1.165) is 56.9 Å². The number of benzene rings is 1. The fraction of sp³-hybridized carbons (Fsp3) is 0.708. The van der Waals surface area contributed by atoms with Crippen molar-refractivity contribution in [2.24, 2.45) is 11.8 Å². The molecule has 2 unspecified atom stereocenters. The zero-order valence-corrected chi connectivity index (χ0v) is 20.0. The third-order valence-corrected chi connectivity index (χ3v) is 7.39. The summed E-state index contributed by atoms with van der Waals surface area (Å²) in [6, 6.07) is 7.22. The van der Waals surface area contributed by atoms with E-state index in [1.54, 1.807) is 12.1 Å². The van der Waals surface area contributed by atoms with Gasteiger partial charge < -0.3 is 9.05 Å². The van der Waals surface area contributed by atoms with Crippen LogP contribution in [0, 0.1) is 18.8 Å². The summed E-state index contributed by atoms with van der Waals surface area (Å²) in [5.41, 5.74) is 0.714. The molecule has 0 aliphatic carbocycles. The molecule has 0 saturated heterocycles. The molecule has 1 aromatic rings. The molecule has 0 saturated carbocycles. The number of carbonyl (C=O) groups is 1. The van der Waals surface area contributed by atoms with Gasteiger partial charge in [-0.15, -0.1) is 0 Å². The van der Waals surface area contributed by atoms with E-state index in [-0.39, 0.29) is 0 Å². The van der Waals surface area contributed by atoms with Crippen molar-refractivity contribution in [1.29, 1.82) is 0 Å². The van der Waals surface area contributed by atoms with E-state index in [9.17, 15) is 9.36 Å². The predicted octanol–water partition coefficient (Wildman–Crippen LogP) is 7.79. The Morgan fingerprint density at radius 3 is 1.79 bits per heavy atom. The summed E-state index contributed by atoms with van der Waals surface area (Å²) in [4.78, 5) is 13.2. The fourth-order valence-corrected chi connectivity index (χ4v) is 4.99. The Labute approximate surface area is 178 Å². The normalized spacial score (nSPS) is 15.6. The minimum absolute atomic E-state index is 0.290. The molecule has 1 aromatic carbocycles. The molecular weight excluding hydrogens is 383 g/mol. The summed E-state index contributed by atoms with van der Waals surface area (Å²) >= 11 is 0. The maximum atomic E-state index is 13.7. The second-order valence-electron chi connectivity index (χ2n) is 8.04. The number of hydrogen-bond donors (Lipinski definition) is 0. The predicted molar refractivity (Wildman–Crippen MR) is 122 cm³/mol. The van der Waals surface area contributed by atoms with Crippen LogP contribution in [0.2, 0.25) is 0 Å². The molecule has 29 heavy (non-hydrogen) atoms. The molecule has 1 rings (SSSR count). The highest BCUT2D eigenvalue weighted by molar-refractivity contribution is 7.72. The second-order valence-corrected chi connectivity index (χ2v) is 9.96. The number of unbranched alkanes of at least 4 members (excludes halogenated alkanes) is 2. The average Bonchev–Trinajstić information content (AvgIpc) is 2.74. The molecule has 5 heteroatoms. The van der Waals surface area contributed by atoms with E-state index < -0.39 is 13.1 Å². The third-order valence-electron chi connectivity index (χ3n) is 5.67. The van der Waals surface area contributed by atoms with Gasteiger partial charge in [0, 0.05) is 5.56 Å². The Kier molecular flexibility index (Phi) is 12.7. The first-order chi connectivity index (χ1) is 13.9. The smallest absolute Gasteiger partial charge is 0.303 e. The molecule has 0 fully saturated rings. The van der Waals surface area contributed by atoms with Crippen molar-refractivity contribution in [1.82, 2.24) is 0 Å².